The molecule has 0 aromatic rings. The van der Waals surface area contributed by atoms with E-state index in [0.29, 0.717) is 12.6 Å². The van der Waals surface area contributed by atoms with Gasteiger partial charge in [-0.3, -0.25) is 4.99 Å². The Morgan fingerprint density at radius 1 is 1.27 bits per heavy atom. The maximum Gasteiger partial charge on any atom is 0.218 e. The van der Waals surface area contributed by atoms with Crippen molar-refractivity contribution in [3.8, 4) is 0 Å². The van der Waals surface area contributed by atoms with Crippen molar-refractivity contribution in [1.82, 2.24) is 4.90 Å². The van der Waals surface area contributed by atoms with Crippen LogP contribution in [-0.4, -0.2) is 43.0 Å². The zero-order chi connectivity index (χ0) is 11.8. The summed E-state index contributed by atoms with van der Waals surface area (Å²) in [6.45, 7) is 5.92. The van der Waals surface area contributed by atoms with Crippen LogP contribution in [-0.2, 0) is 0 Å². The molecule has 0 aliphatic rings. The molecular weight excluding hydrogens is 192 g/mol. The van der Waals surface area contributed by atoms with Gasteiger partial charge in [0.15, 0.2) is 5.96 Å². The third kappa shape index (κ3) is 7.75. The van der Waals surface area contributed by atoms with Gasteiger partial charge in [0.05, 0.1) is 0 Å². The second kappa shape index (κ2) is 7.05. The normalized spacial score (nSPS) is 12.2. The zero-order valence-electron chi connectivity index (χ0n) is 9.77. The molecule has 0 bridgehead atoms. The molecule has 15 heavy (non-hydrogen) atoms. The molecule has 0 spiro atoms. The average Bonchev–Trinajstić information content (AvgIpc) is 2.10. The molecule has 0 atom stereocenters. The first-order valence-corrected chi connectivity index (χ1v) is 5.03. The second-order valence-electron chi connectivity index (χ2n) is 3.70. The molecule has 6 heteroatoms. The molecule has 0 fully saturated rings. The van der Waals surface area contributed by atoms with Crippen molar-refractivity contribution in [3.63, 3.8) is 0 Å². The third-order valence-electron chi connectivity index (χ3n) is 2.07. The van der Waals surface area contributed by atoms with Crippen molar-refractivity contribution in [2.75, 3.05) is 20.1 Å². The van der Waals surface area contributed by atoms with E-state index in [1.165, 1.54) is 0 Å². The topological polar surface area (TPSA) is 106 Å². The highest BCUT2D eigenvalue weighted by atomic mass is 15.1. The summed E-state index contributed by atoms with van der Waals surface area (Å²) < 4.78 is 0. The van der Waals surface area contributed by atoms with Crippen molar-refractivity contribution in [1.29, 1.82) is 0 Å². The highest BCUT2D eigenvalue weighted by molar-refractivity contribution is 5.92. The van der Waals surface area contributed by atoms with Crippen LogP contribution < -0.4 is 17.2 Å². The molecule has 0 aliphatic carbocycles. The van der Waals surface area contributed by atoms with Crippen molar-refractivity contribution in [2.45, 2.75) is 26.3 Å². The average molecular weight is 214 g/mol. The first-order valence-electron chi connectivity index (χ1n) is 5.03. The van der Waals surface area contributed by atoms with Gasteiger partial charge in [-0.05, 0) is 33.9 Å². The van der Waals surface area contributed by atoms with E-state index in [0.717, 1.165) is 13.0 Å². The molecule has 6 nitrogen and oxygen atoms in total. The molecule has 0 rings (SSSR count). The van der Waals surface area contributed by atoms with Crippen LogP contribution in [0.3, 0.4) is 0 Å². The molecule has 0 radical (unpaired) electrons. The summed E-state index contributed by atoms with van der Waals surface area (Å²) in [7, 11) is 2.08. The predicted molar refractivity (Wildman–Crippen MR) is 64.7 cm³/mol. The Morgan fingerprint density at radius 2 is 1.87 bits per heavy atom. The summed E-state index contributed by atoms with van der Waals surface area (Å²) in [5.74, 6) is 0.0812. The largest absolute Gasteiger partial charge is 0.370 e. The standard InChI is InChI=1S/C9H22N6/c1-7(2)15(3)6-4-5-13-9(12)14-8(10)11/h7H,4-6H2,1-3H3,(H6,10,11,12,13,14). The Labute approximate surface area is 91.2 Å². The number of nitrogens with zero attached hydrogens (tertiary/aromatic N) is 3. The minimum Gasteiger partial charge on any atom is -0.370 e. The molecule has 0 aliphatic heterocycles. The van der Waals surface area contributed by atoms with Gasteiger partial charge in [-0.25, -0.2) is 0 Å². The highest BCUT2D eigenvalue weighted by Crippen LogP contribution is 1.95. The lowest BCUT2D eigenvalue weighted by Crippen LogP contribution is -2.28. The van der Waals surface area contributed by atoms with E-state index >= 15 is 0 Å². The van der Waals surface area contributed by atoms with E-state index in [9.17, 15) is 0 Å². The van der Waals surface area contributed by atoms with Crippen LogP contribution in [0.2, 0.25) is 0 Å². The predicted octanol–water partition coefficient (Wildman–Crippen LogP) is -0.695. The molecule has 0 heterocycles. The molecule has 88 valence electrons. The number of aliphatic imine (C=N–C) groups is 2. The Balaban J connectivity index is 3.75. The number of hydrogen-bond donors (Lipinski definition) is 3. The first kappa shape index (κ1) is 13.7. The Morgan fingerprint density at radius 3 is 2.33 bits per heavy atom. The Kier molecular flexibility index (Phi) is 6.44. The lowest BCUT2D eigenvalue weighted by molar-refractivity contribution is 0.272. The van der Waals surface area contributed by atoms with Gasteiger partial charge in [0.2, 0.25) is 5.96 Å². The van der Waals surface area contributed by atoms with Crippen LogP contribution in [0.1, 0.15) is 20.3 Å². The van der Waals surface area contributed by atoms with Crippen molar-refractivity contribution in [3.05, 3.63) is 0 Å². The van der Waals surface area contributed by atoms with Crippen molar-refractivity contribution < 1.29 is 0 Å². The third-order valence-corrected chi connectivity index (χ3v) is 2.07. The van der Waals surface area contributed by atoms with E-state index in [2.05, 4.69) is 35.8 Å². The summed E-state index contributed by atoms with van der Waals surface area (Å²) in [5, 5.41) is 0. The SMILES string of the molecule is CC(C)N(C)CCCN=C(N)N=C(N)N. The van der Waals surface area contributed by atoms with Gasteiger partial charge in [-0.15, -0.1) is 0 Å². The van der Waals surface area contributed by atoms with E-state index in [4.69, 9.17) is 17.2 Å². The molecular formula is C9H22N6. The Bertz CT molecular complexity index is 229. The number of nitrogens with two attached hydrogens (primary N) is 3. The summed E-state index contributed by atoms with van der Waals surface area (Å²) >= 11 is 0. The molecule has 0 aromatic carbocycles. The summed E-state index contributed by atoms with van der Waals surface area (Å²) in [4.78, 5) is 9.87. The van der Waals surface area contributed by atoms with Crippen LogP contribution in [0.25, 0.3) is 0 Å². The van der Waals surface area contributed by atoms with Gasteiger partial charge < -0.3 is 22.1 Å². The van der Waals surface area contributed by atoms with Gasteiger partial charge in [0, 0.05) is 12.6 Å². The van der Waals surface area contributed by atoms with Crippen LogP contribution in [0.15, 0.2) is 9.98 Å². The lowest BCUT2D eigenvalue weighted by atomic mass is 10.3. The quantitative estimate of drug-likeness (QED) is 0.320. The number of guanidine groups is 2. The number of hydrogen-bond acceptors (Lipinski definition) is 2. The van der Waals surface area contributed by atoms with Crippen LogP contribution in [0.4, 0.5) is 0 Å². The summed E-state index contributed by atoms with van der Waals surface area (Å²) in [5.41, 5.74) is 15.7. The molecule has 0 saturated heterocycles. The maximum atomic E-state index is 5.44. The molecule has 6 N–H and O–H groups in total. The fourth-order valence-electron chi connectivity index (χ4n) is 0.940. The van der Waals surface area contributed by atoms with Crippen molar-refractivity contribution >= 4 is 11.9 Å². The first-order chi connectivity index (χ1) is 6.93. The van der Waals surface area contributed by atoms with E-state index in [-0.39, 0.29) is 11.9 Å². The monoisotopic (exact) mass is 214 g/mol. The van der Waals surface area contributed by atoms with Crippen molar-refractivity contribution in [2.24, 2.45) is 27.2 Å². The molecule has 0 saturated carbocycles. The fourth-order valence-corrected chi connectivity index (χ4v) is 0.940. The summed E-state index contributed by atoms with van der Waals surface area (Å²) in [6.07, 6.45) is 0.940. The minimum atomic E-state index is -0.0597. The van der Waals surface area contributed by atoms with Gasteiger partial charge in [-0.1, -0.05) is 0 Å². The van der Waals surface area contributed by atoms with Gasteiger partial charge in [-0.2, -0.15) is 4.99 Å². The summed E-state index contributed by atoms with van der Waals surface area (Å²) in [6, 6.07) is 0.545. The fraction of sp³-hybridized carbons (Fsp3) is 0.778. The van der Waals surface area contributed by atoms with Gasteiger partial charge in [0.1, 0.15) is 0 Å². The lowest BCUT2D eigenvalue weighted by Gasteiger charge is -2.19. The van der Waals surface area contributed by atoms with E-state index < -0.39 is 0 Å². The van der Waals surface area contributed by atoms with Gasteiger partial charge in [0.25, 0.3) is 0 Å². The van der Waals surface area contributed by atoms with E-state index in [1.54, 1.807) is 0 Å². The van der Waals surface area contributed by atoms with Crippen LogP contribution in [0.5, 0.6) is 0 Å². The van der Waals surface area contributed by atoms with Crippen LogP contribution in [0, 0.1) is 0 Å². The smallest absolute Gasteiger partial charge is 0.218 e. The van der Waals surface area contributed by atoms with Gasteiger partial charge >= 0.3 is 0 Å². The molecule has 0 unspecified atom stereocenters. The minimum absolute atomic E-state index is 0.0597. The van der Waals surface area contributed by atoms with Crippen LogP contribution >= 0.6 is 0 Å². The molecule has 0 aromatic heterocycles. The Hall–Kier alpha value is -1.30. The zero-order valence-corrected chi connectivity index (χ0v) is 9.77. The highest BCUT2D eigenvalue weighted by Gasteiger charge is 2.01. The van der Waals surface area contributed by atoms with E-state index in [1.807, 2.05) is 0 Å². The second-order valence-corrected chi connectivity index (χ2v) is 3.70. The number of rotatable bonds is 5. The maximum absolute atomic E-state index is 5.44. The molecule has 0 amide bonds.